The Hall–Kier alpha value is -1.02. The molecule has 0 aromatic heterocycles. The average molecular weight is 313 g/mol. The van der Waals surface area contributed by atoms with Gasteiger partial charge in [-0.3, -0.25) is 0 Å². The van der Waals surface area contributed by atoms with E-state index in [-0.39, 0.29) is 10.9 Å². The fourth-order valence-electron chi connectivity index (χ4n) is 2.31. The Bertz CT molecular complexity index is 584. The van der Waals surface area contributed by atoms with E-state index in [1.807, 2.05) is 7.05 Å². The van der Waals surface area contributed by atoms with Crippen LogP contribution in [0.25, 0.3) is 0 Å². The van der Waals surface area contributed by atoms with Gasteiger partial charge in [0.1, 0.15) is 0 Å². The molecule has 1 fully saturated rings. The Morgan fingerprint density at radius 2 is 2.10 bits per heavy atom. The molecular formula is C13H19N3O2S2. The van der Waals surface area contributed by atoms with Gasteiger partial charge in [0.25, 0.3) is 0 Å². The first-order chi connectivity index (χ1) is 9.37. The summed E-state index contributed by atoms with van der Waals surface area (Å²) in [6.45, 7) is 1.67. The zero-order valence-corrected chi connectivity index (χ0v) is 13.0. The van der Waals surface area contributed by atoms with Crippen LogP contribution in [0.1, 0.15) is 12.0 Å². The maximum atomic E-state index is 12.2. The lowest BCUT2D eigenvalue weighted by Crippen LogP contribution is -2.36. The van der Waals surface area contributed by atoms with Gasteiger partial charge in [-0.1, -0.05) is 24.4 Å². The van der Waals surface area contributed by atoms with Crippen LogP contribution in [0.2, 0.25) is 0 Å². The normalized spacial score (nSPS) is 20.1. The second-order valence-corrected chi connectivity index (χ2v) is 7.39. The first-order valence-electron chi connectivity index (χ1n) is 6.45. The first-order valence-corrected chi connectivity index (χ1v) is 8.34. The number of likely N-dealkylation sites (N-methyl/N-ethyl adjacent to an activating group) is 1. The van der Waals surface area contributed by atoms with Crippen LogP contribution in [0.4, 0.5) is 0 Å². The number of benzene rings is 1. The molecule has 0 saturated carbocycles. The minimum Gasteiger partial charge on any atom is -0.393 e. The van der Waals surface area contributed by atoms with Crippen LogP contribution in [-0.4, -0.2) is 44.5 Å². The molecule has 2 rings (SSSR count). The minimum atomic E-state index is -3.45. The van der Waals surface area contributed by atoms with Crippen molar-refractivity contribution in [3.8, 4) is 0 Å². The predicted molar refractivity (Wildman–Crippen MR) is 83.2 cm³/mol. The number of sulfonamides is 1. The summed E-state index contributed by atoms with van der Waals surface area (Å²) in [7, 11) is -1.47. The lowest BCUT2D eigenvalue weighted by Gasteiger charge is -2.13. The molecular weight excluding hydrogens is 294 g/mol. The third-order valence-corrected chi connectivity index (χ3v) is 5.01. The third-order valence-electron chi connectivity index (χ3n) is 3.33. The molecule has 0 amide bonds. The van der Waals surface area contributed by atoms with Crippen LogP contribution in [0.5, 0.6) is 0 Å². The van der Waals surface area contributed by atoms with Gasteiger partial charge in [-0.2, -0.15) is 0 Å². The third kappa shape index (κ3) is 3.99. The van der Waals surface area contributed by atoms with Gasteiger partial charge in [0.05, 0.1) is 9.88 Å². The van der Waals surface area contributed by atoms with Crippen LogP contribution < -0.4 is 10.5 Å². The van der Waals surface area contributed by atoms with Gasteiger partial charge in [-0.05, 0) is 37.7 Å². The molecule has 1 aliphatic heterocycles. The second kappa shape index (κ2) is 6.17. The van der Waals surface area contributed by atoms with Crippen molar-refractivity contribution >= 4 is 27.2 Å². The van der Waals surface area contributed by atoms with Crippen LogP contribution in [-0.2, 0) is 16.4 Å². The molecule has 1 aromatic rings. The zero-order chi connectivity index (χ0) is 14.8. The van der Waals surface area contributed by atoms with Crippen molar-refractivity contribution in [2.75, 3.05) is 20.1 Å². The summed E-state index contributed by atoms with van der Waals surface area (Å²) in [4.78, 5) is 2.78. The number of likely N-dealkylation sites (tertiary alicyclic amines) is 1. The smallest absolute Gasteiger partial charge is 0.240 e. The van der Waals surface area contributed by atoms with Gasteiger partial charge in [0.15, 0.2) is 0 Å². The van der Waals surface area contributed by atoms with E-state index in [9.17, 15) is 8.42 Å². The van der Waals surface area contributed by atoms with Gasteiger partial charge in [-0.25, -0.2) is 13.1 Å². The van der Waals surface area contributed by atoms with E-state index >= 15 is 0 Å². The number of hydrogen-bond donors (Lipinski definition) is 2. The average Bonchev–Trinajstić information content (AvgIpc) is 2.74. The van der Waals surface area contributed by atoms with Gasteiger partial charge in [0, 0.05) is 19.0 Å². The van der Waals surface area contributed by atoms with E-state index in [1.54, 1.807) is 24.3 Å². The zero-order valence-electron chi connectivity index (χ0n) is 11.4. The van der Waals surface area contributed by atoms with E-state index in [0.29, 0.717) is 11.4 Å². The Balaban J connectivity index is 2.07. The molecule has 0 radical (unpaired) electrons. The largest absolute Gasteiger partial charge is 0.393 e. The van der Waals surface area contributed by atoms with Crippen molar-refractivity contribution in [1.82, 2.24) is 9.62 Å². The molecule has 110 valence electrons. The molecule has 20 heavy (non-hydrogen) atoms. The van der Waals surface area contributed by atoms with Crippen LogP contribution in [0, 0.1) is 0 Å². The Morgan fingerprint density at radius 3 is 2.60 bits per heavy atom. The molecule has 1 aliphatic rings. The number of hydrogen-bond acceptors (Lipinski definition) is 4. The van der Waals surface area contributed by atoms with Crippen LogP contribution >= 0.6 is 12.2 Å². The molecule has 0 aliphatic carbocycles. The Labute approximate surface area is 125 Å². The lowest BCUT2D eigenvalue weighted by atomic mass is 10.1. The highest BCUT2D eigenvalue weighted by Gasteiger charge is 2.25. The summed E-state index contributed by atoms with van der Waals surface area (Å²) in [6, 6.07) is 6.66. The molecule has 1 heterocycles. The van der Waals surface area contributed by atoms with Crippen molar-refractivity contribution in [1.29, 1.82) is 0 Å². The molecule has 3 N–H and O–H groups in total. The Kier molecular flexibility index (Phi) is 4.74. The van der Waals surface area contributed by atoms with Crippen molar-refractivity contribution in [3.63, 3.8) is 0 Å². The van der Waals surface area contributed by atoms with Gasteiger partial charge in [0.2, 0.25) is 10.0 Å². The van der Waals surface area contributed by atoms with Crippen LogP contribution in [0.15, 0.2) is 29.2 Å². The van der Waals surface area contributed by atoms with Gasteiger partial charge in [-0.15, -0.1) is 0 Å². The van der Waals surface area contributed by atoms with Crippen molar-refractivity contribution in [3.05, 3.63) is 29.8 Å². The number of rotatable bonds is 5. The number of nitrogens with one attached hydrogen (secondary N) is 1. The molecule has 1 unspecified atom stereocenters. The molecule has 7 heteroatoms. The summed E-state index contributed by atoms with van der Waals surface area (Å²) < 4.78 is 27.2. The predicted octanol–water partition coefficient (Wildman–Crippen LogP) is 0.498. The highest BCUT2D eigenvalue weighted by atomic mass is 32.2. The van der Waals surface area contributed by atoms with Crippen molar-refractivity contribution in [2.24, 2.45) is 5.73 Å². The topological polar surface area (TPSA) is 75.4 Å². The van der Waals surface area contributed by atoms with Gasteiger partial charge < -0.3 is 10.6 Å². The van der Waals surface area contributed by atoms with Crippen LogP contribution in [0.3, 0.4) is 0 Å². The number of nitrogens with zero attached hydrogens (tertiary/aromatic N) is 1. The number of thiocarbonyl (C=S) groups is 1. The quantitative estimate of drug-likeness (QED) is 0.774. The van der Waals surface area contributed by atoms with E-state index in [1.165, 1.54) is 0 Å². The maximum absolute atomic E-state index is 12.2. The van der Waals surface area contributed by atoms with E-state index in [0.717, 1.165) is 25.1 Å². The summed E-state index contributed by atoms with van der Waals surface area (Å²) in [5, 5.41) is 0. The second-order valence-electron chi connectivity index (χ2n) is 5.16. The fourth-order valence-corrected chi connectivity index (χ4v) is 3.73. The summed E-state index contributed by atoms with van der Waals surface area (Å²) >= 11 is 4.83. The van der Waals surface area contributed by atoms with Gasteiger partial charge >= 0.3 is 0 Å². The lowest BCUT2D eigenvalue weighted by molar-refractivity contribution is 0.407. The van der Waals surface area contributed by atoms with Crippen molar-refractivity contribution in [2.45, 2.75) is 23.8 Å². The molecule has 1 saturated heterocycles. The van der Waals surface area contributed by atoms with E-state index < -0.39 is 10.0 Å². The summed E-state index contributed by atoms with van der Waals surface area (Å²) in [5.74, 6) is 0. The highest BCUT2D eigenvalue weighted by Crippen LogP contribution is 2.14. The molecule has 0 bridgehead atoms. The Morgan fingerprint density at radius 1 is 1.45 bits per heavy atom. The molecule has 1 aromatic carbocycles. The van der Waals surface area contributed by atoms with E-state index in [4.69, 9.17) is 18.0 Å². The molecule has 0 spiro atoms. The molecule has 5 nitrogen and oxygen atoms in total. The monoisotopic (exact) mass is 313 g/mol. The first kappa shape index (κ1) is 15.4. The highest BCUT2D eigenvalue weighted by molar-refractivity contribution is 7.89. The molecule has 1 atom stereocenters. The summed E-state index contributed by atoms with van der Waals surface area (Å²) in [5.41, 5.74) is 6.38. The SMILES string of the molecule is CN1CCC(NS(=O)(=O)c2ccc(CC(N)=S)cc2)C1. The minimum absolute atomic E-state index is 0.0127. The fraction of sp³-hybridized carbons (Fsp3) is 0.462. The van der Waals surface area contributed by atoms with Crippen molar-refractivity contribution < 1.29 is 8.42 Å². The standard InChI is InChI=1S/C13H19N3O2S2/c1-16-7-6-11(9-16)15-20(17,18)12-4-2-10(3-5-12)8-13(14)19/h2-5,11,15H,6-9H2,1H3,(H2,14,19). The summed E-state index contributed by atoms with van der Waals surface area (Å²) in [6.07, 6.45) is 1.33. The van der Waals surface area contributed by atoms with E-state index in [2.05, 4.69) is 9.62 Å². The maximum Gasteiger partial charge on any atom is 0.240 e. The number of nitrogens with two attached hydrogens (primary N) is 1.